The maximum atomic E-state index is 2.56. The number of fused-ring (bicyclic) bond motifs is 1. The number of para-hydroxylation sites is 1. The number of nitrogens with zero attached hydrogens (tertiary/aromatic N) is 1. The van der Waals surface area contributed by atoms with Crippen LogP contribution in [-0.2, 0) is 6.42 Å². The fraction of sp³-hybridized carbons (Fsp3) is 0.412. The molecule has 1 heteroatoms. The molecule has 1 aliphatic carbocycles. The van der Waals surface area contributed by atoms with Crippen LogP contribution in [0.3, 0.4) is 0 Å². The Morgan fingerprint density at radius 3 is 2.72 bits per heavy atom. The molecule has 0 unspecified atom stereocenters. The van der Waals surface area contributed by atoms with Gasteiger partial charge >= 0.3 is 0 Å². The molecule has 0 fully saturated rings. The van der Waals surface area contributed by atoms with Crippen molar-refractivity contribution in [3.05, 3.63) is 53.3 Å². The Balaban J connectivity index is 2.14. The van der Waals surface area contributed by atoms with E-state index >= 15 is 0 Å². The zero-order valence-electron chi connectivity index (χ0n) is 11.3. The first kappa shape index (κ1) is 11.6. The van der Waals surface area contributed by atoms with Crippen LogP contribution in [-0.4, -0.2) is 6.04 Å². The predicted octanol–water partition coefficient (Wildman–Crippen LogP) is 4.45. The predicted molar refractivity (Wildman–Crippen MR) is 77.8 cm³/mol. The molecule has 94 valence electrons. The summed E-state index contributed by atoms with van der Waals surface area (Å²) in [6.45, 7) is 4.59. The molecular formula is C17H21N. The Labute approximate surface area is 110 Å². The van der Waals surface area contributed by atoms with Crippen LogP contribution in [0, 0.1) is 0 Å². The third kappa shape index (κ3) is 1.88. The minimum Gasteiger partial charge on any atom is -0.342 e. The van der Waals surface area contributed by atoms with Crippen LogP contribution < -0.4 is 4.90 Å². The van der Waals surface area contributed by atoms with Crippen LogP contribution in [0.15, 0.2) is 47.7 Å². The van der Waals surface area contributed by atoms with Crippen molar-refractivity contribution >= 4 is 5.69 Å². The van der Waals surface area contributed by atoms with Crippen LogP contribution in [0.4, 0.5) is 5.69 Å². The smallest absolute Gasteiger partial charge is 0.0443 e. The number of rotatable bonds is 1. The number of benzene rings is 1. The lowest BCUT2D eigenvalue weighted by Gasteiger charge is -2.34. The van der Waals surface area contributed by atoms with Crippen LogP contribution >= 0.6 is 0 Å². The third-order valence-corrected chi connectivity index (χ3v) is 3.96. The molecule has 1 aromatic carbocycles. The number of allylic oxidation sites excluding steroid dienone is 4. The molecule has 1 aromatic rings. The van der Waals surface area contributed by atoms with Crippen LogP contribution in [0.5, 0.6) is 0 Å². The highest BCUT2D eigenvalue weighted by Crippen LogP contribution is 2.37. The first-order chi connectivity index (χ1) is 8.77. The van der Waals surface area contributed by atoms with E-state index in [0.717, 1.165) is 0 Å². The van der Waals surface area contributed by atoms with Crippen molar-refractivity contribution in [3.63, 3.8) is 0 Å². The zero-order valence-corrected chi connectivity index (χ0v) is 11.3. The van der Waals surface area contributed by atoms with E-state index in [-0.39, 0.29) is 0 Å². The molecule has 1 nitrogen and oxygen atoms in total. The number of hydrogen-bond donors (Lipinski definition) is 0. The van der Waals surface area contributed by atoms with Crippen molar-refractivity contribution in [3.8, 4) is 0 Å². The van der Waals surface area contributed by atoms with Gasteiger partial charge in [-0.05, 0) is 56.7 Å². The molecule has 1 heterocycles. The molecule has 0 saturated carbocycles. The lowest BCUT2D eigenvalue weighted by molar-refractivity contribution is 0.713. The summed E-state index contributed by atoms with van der Waals surface area (Å²) < 4.78 is 0. The Kier molecular flexibility index (Phi) is 2.99. The van der Waals surface area contributed by atoms with Gasteiger partial charge in [0.15, 0.2) is 0 Å². The van der Waals surface area contributed by atoms with E-state index in [1.807, 2.05) is 0 Å². The van der Waals surface area contributed by atoms with Crippen molar-refractivity contribution in [1.29, 1.82) is 0 Å². The summed E-state index contributed by atoms with van der Waals surface area (Å²) >= 11 is 0. The molecule has 0 atom stereocenters. The van der Waals surface area contributed by atoms with E-state index in [4.69, 9.17) is 0 Å². The Bertz CT molecular complexity index is 508. The average Bonchev–Trinajstić information content (AvgIpc) is 2.55. The largest absolute Gasteiger partial charge is 0.342 e. The van der Waals surface area contributed by atoms with E-state index in [1.54, 1.807) is 11.3 Å². The van der Waals surface area contributed by atoms with Gasteiger partial charge in [0.25, 0.3) is 0 Å². The fourth-order valence-electron chi connectivity index (χ4n) is 3.17. The summed E-state index contributed by atoms with van der Waals surface area (Å²) in [6.07, 6.45) is 9.41. The first-order valence-corrected chi connectivity index (χ1v) is 7.03. The maximum absolute atomic E-state index is 2.56. The van der Waals surface area contributed by atoms with Gasteiger partial charge < -0.3 is 4.90 Å². The van der Waals surface area contributed by atoms with Gasteiger partial charge in [-0.25, -0.2) is 0 Å². The molecule has 0 amide bonds. The van der Waals surface area contributed by atoms with Gasteiger partial charge in [0.2, 0.25) is 0 Å². The summed E-state index contributed by atoms with van der Waals surface area (Å²) in [4.78, 5) is 2.56. The quantitative estimate of drug-likeness (QED) is 0.699. The molecule has 0 aromatic heterocycles. The number of aryl methyl sites for hydroxylation is 1. The Morgan fingerprint density at radius 1 is 1.06 bits per heavy atom. The van der Waals surface area contributed by atoms with Gasteiger partial charge in [-0.2, -0.15) is 0 Å². The Hall–Kier alpha value is -1.50. The van der Waals surface area contributed by atoms with Crippen LogP contribution in [0.25, 0.3) is 0 Å². The SMILES string of the molecule is CC(C)N1C2=C(C=CCC2)CCc2ccccc21. The Morgan fingerprint density at radius 2 is 1.89 bits per heavy atom. The van der Waals surface area contributed by atoms with Crippen molar-refractivity contribution in [2.24, 2.45) is 0 Å². The molecule has 0 bridgehead atoms. The van der Waals surface area contributed by atoms with E-state index in [0.29, 0.717) is 6.04 Å². The van der Waals surface area contributed by atoms with E-state index in [1.165, 1.54) is 36.9 Å². The zero-order chi connectivity index (χ0) is 12.5. The van der Waals surface area contributed by atoms with Crippen molar-refractivity contribution in [2.45, 2.75) is 45.6 Å². The molecule has 1 aliphatic heterocycles. The topological polar surface area (TPSA) is 3.24 Å². The van der Waals surface area contributed by atoms with Gasteiger partial charge in [0, 0.05) is 17.4 Å². The monoisotopic (exact) mass is 239 g/mol. The highest BCUT2D eigenvalue weighted by atomic mass is 15.2. The fourth-order valence-corrected chi connectivity index (χ4v) is 3.17. The molecule has 0 radical (unpaired) electrons. The van der Waals surface area contributed by atoms with Crippen LogP contribution in [0.1, 0.15) is 38.7 Å². The normalized spacial score (nSPS) is 18.7. The second-order valence-electron chi connectivity index (χ2n) is 5.51. The van der Waals surface area contributed by atoms with Crippen LogP contribution in [0.2, 0.25) is 0 Å². The molecular weight excluding hydrogens is 218 g/mol. The summed E-state index contributed by atoms with van der Waals surface area (Å²) in [5.41, 5.74) is 6.02. The highest BCUT2D eigenvalue weighted by molar-refractivity contribution is 5.62. The summed E-state index contributed by atoms with van der Waals surface area (Å²) in [6, 6.07) is 9.42. The summed E-state index contributed by atoms with van der Waals surface area (Å²) in [5.74, 6) is 0. The second-order valence-corrected chi connectivity index (χ2v) is 5.51. The summed E-state index contributed by atoms with van der Waals surface area (Å²) in [5, 5.41) is 0. The van der Waals surface area contributed by atoms with Gasteiger partial charge in [-0.3, -0.25) is 0 Å². The number of anilines is 1. The van der Waals surface area contributed by atoms with E-state index in [2.05, 4.69) is 55.2 Å². The molecule has 0 spiro atoms. The number of hydrogen-bond acceptors (Lipinski definition) is 1. The minimum atomic E-state index is 0.528. The van der Waals surface area contributed by atoms with Crippen molar-refractivity contribution in [1.82, 2.24) is 0 Å². The molecule has 2 aliphatic rings. The standard InChI is InChI=1S/C17H21N/c1-13(2)18-16-9-5-3-7-14(16)11-12-15-8-4-6-10-17(15)18/h3-5,7-9,13H,6,10-12H2,1-2H3. The molecule has 3 rings (SSSR count). The lowest BCUT2D eigenvalue weighted by atomic mass is 9.98. The minimum absolute atomic E-state index is 0.528. The van der Waals surface area contributed by atoms with Gasteiger partial charge in [0.1, 0.15) is 0 Å². The van der Waals surface area contributed by atoms with Crippen molar-refractivity contribution < 1.29 is 0 Å². The van der Waals surface area contributed by atoms with Gasteiger partial charge in [0.05, 0.1) is 0 Å². The van der Waals surface area contributed by atoms with E-state index in [9.17, 15) is 0 Å². The molecule has 18 heavy (non-hydrogen) atoms. The lowest BCUT2D eigenvalue weighted by Crippen LogP contribution is -2.31. The first-order valence-electron chi connectivity index (χ1n) is 7.03. The highest BCUT2D eigenvalue weighted by Gasteiger charge is 2.24. The van der Waals surface area contributed by atoms with Gasteiger partial charge in [-0.15, -0.1) is 0 Å². The second kappa shape index (κ2) is 4.64. The van der Waals surface area contributed by atoms with Gasteiger partial charge in [-0.1, -0.05) is 30.4 Å². The maximum Gasteiger partial charge on any atom is 0.0443 e. The van der Waals surface area contributed by atoms with Crippen molar-refractivity contribution in [2.75, 3.05) is 4.90 Å². The summed E-state index contributed by atoms with van der Waals surface area (Å²) in [7, 11) is 0. The average molecular weight is 239 g/mol. The third-order valence-electron chi connectivity index (χ3n) is 3.96. The molecule has 0 N–H and O–H groups in total. The van der Waals surface area contributed by atoms with E-state index < -0.39 is 0 Å². The molecule has 0 saturated heterocycles.